The second kappa shape index (κ2) is 7.16. The van der Waals surface area contributed by atoms with Crippen molar-refractivity contribution in [1.29, 1.82) is 0 Å². The third-order valence-electron chi connectivity index (χ3n) is 2.83. The summed E-state index contributed by atoms with van der Waals surface area (Å²) in [6, 6.07) is 6.97. The molecule has 0 saturated heterocycles. The molecule has 116 valence electrons. The van der Waals surface area contributed by atoms with Gasteiger partial charge in [0.2, 0.25) is 5.91 Å². The Morgan fingerprint density at radius 2 is 1.55 bits per heavy atom. The number of hydrogen-bond donors (Lipinski definition) is 2. The van der Waals surface area contributed by atoms with Gasteiger partial charge in [-0.05, 0) is 24.3 Å². The first-order valence-electron chi connectivity index (χ1n) is 5.95. The highest BCUT2D eigenvalue weighted by Crippen LogP contribution is 2.37. The summed E-state index contributed by atoms with van der Waals surface area (Å²) in [7, 11) is 0. The van der Waals surface area contributed by atoms with Gasteiger partial charge >= 0.3 is 0 Å². The van der Waals surface area contributed by atoms with Crippen molar-refractivity contribution in [2.45, 2.75) is 6.04 Å². The van der Waals surface area contributed by atoms with E-state index < -0.39 is 11.9 Å². The molecule has 1 amide bonds. The Morgan fingerprint density at radius 3 is 2.09 bits per heavy atom. The van der Waals surface area contributed by atoms with Gasteiger partial charge in [-0.25, -0.2) is 0 Å². The zero-order valence-corrected chi connectivity index (χ0v) is 14.6. The van der Waals surface area contributed by atoms with Crippen LogP contribution >= 0.6 is 58.0 Å². The first-order chi connectivity index (χ1) is 10.3. The molecule has 0 aliphatic carbocycles. The van der Waals surface area contributed by atoms with Crippen molar-refractivity contribution in [3.05, 3.63) is 61.0 Å². The maximum absolute atomic E-state index is 11.8. The lowest BCUT2D eigenvalue weighted by molar-refractivity contribution is -0.118. The molecule has 0 heterocycles. The summed E-state index contributed by atoms with van der Waals surface area (Å²) < 4.78 is 0. The molecule has 8 heteroatoms. The topological polar surface area (TPSA) is 55.1 Å². The van der Waals surface area contributed by atoms with E-state index in [1.165, 1.54) is 6.07 Å². The molecule has 0 fully saturated rings. The SMILES string of the molecule is NC(=O)C(Nc1cc(Cl)cc(Cl)c1)c1ccc(Cl)c(Cl)c1Cl. The third-order valence-corrected chi connectivity index (χ3v) is 4.58. The molecule has 0 radical (unpaired) electrons. The minimum absolute atomic E-state index is 0.151. The van der Waals surface area contributed by atoms with Crippen LogP contribution in [-0.2, 0) is 4.79 Å². The second-order valence-electron chi connectivity index (χ2n) is 4.40. The predicted molar refractivity (Wildman–Crippen MR) is 93.5 cm³/mol. The monoisotopic (exact) mass is 396 g/mol. The molecule has 0 aliphatic heterocycles. The summed E-state index contributed by atoms with van der Waals surface area (Å²) in [5.74, 6) is -0.642. The summed E-state index contributed by atoms with van der Waals surface area (Å²) in [6.45, 7) is 0. The minimum Gasteiger partial charge on any atom is -0.370 e. The summed E-state index contributed by atoms with van der Waals surface area (Å²) in [5.41, 5.74) is 6.37. The van der Waals surface area contributed by atoms with Gasteiger partial charge in [-0.15, -0.1) is 0 Å². The quantitative estimate of drug-likeness (QED) is 0.660. The number of halogens is 5. The molecule has 0 spiro atoms. The largest absolute Gasteiger partial charge is 0.370 e. The highest BCUT2D eigenvalue weighted by atomic mass is 35.5. The molecular formula is C14H9Cl5N2O. The first-order valence-corrected chi connectivity index (χ1v) is 7.84. The first kappa shape index (κ1) is 17.5. The van der Waals surface area contributed by atoms with Crippen LogP contribution in [0.15, 0.2) is 30.3 Å². The van der Waals surface area contributed by atoms with Gasteiger partial charge < -0.3 is 11.1 Å². The highest BCUT2D eigenvalue weighted by molar-refractivity contribution is 6.48. The minimum atomic E-state index is -0.920. The van der Waals surface area contributed by atoms with Crippen molar-refractivity contribution < 1.29 is 4.79 Å². The Kier molecular flexibility index (Phi) is 5.70. The van der Waals surface area contributed by atoms with Gasteiger partial charge in [0.25, 0.3) is 0 Å². The van der Waals surface area contributed by atoms with Gasteiger partial charge in [0.05, 0.1) is 15.1 Å². The molecule has 2 aromatic carbocycles. The van der Waals surface area contributed by atoms with E-state index in [9.17, 15) is 4.79 Å². The number of carbonyl (C=O) groups is 1. The number of benzene rings is 2. The van der Waals surface area contributed by atoms with Crippen molar-refractivity contribution >= 4 is 69.6 Å². The van der Waals surface area contributed by atoms with Gasteiger partial charge in [0, 0.05) is 21.3 Å². The average molecular weight is 399 g/mol. The number of primary amides is 1. The molecule has 0 saturated carbocycles. The Labute approximate surface area is 152 Å². The van der Waals surface area contributed by atoms with E-state index in [2.05, 4.69) is 5.32 Å². The fourth-order valence-corrected chi connectivity index (χ4v) is 3.05. The molecule has 0 aromatic heterocycles. The Balaban J connectivity index is 2.43. The van der Waals surface area contributed by atoms with E-state index in [0.717, 1.165) is 0 Å². The standard InChI is InChI=1S/C14H9Cl5N2O/c15-6-3-7(16)5-8(4-6)21-13(14(20)22)9-1-2-10(17)12(19)11(9)18/h1-5,13,21H,(H2,20,22). The fourth-order valence-electron chi connectivity index (χ4n) is 1.87. The maximum atomic E-state index is 11.8. The van der Waals surface area contributed by atoms with Crippen LogP contribution in [0.2, 0.25) is 25.1 Å². The van der Waals surface area contributed by atoms with Gasteiger partial charge in [-0.3, -0.25) is 4.79 Å². The van der Waals surface area contributed by atoms with E-state index in [4.69, 9.17) is 63.7 Å². The van der Waals surface area contributed by atoms with Gasteiger partial charge in [-0.2, -0.15) is 0 Å². The maximum Gasteiger partial charge on any atom is 0.244 e. The summed E-state index contributed by atoms with van der Waals surface area (Å²) in [6.07, 6.45) is 0. The van der Waals surface area contributed by atoms with E-state index >= 15 is 0 Å². The molecule has 1 atom stereocenters. The number of nitrogens with two attached hydrogens (primary N) is 1. The highest BCUT2D eigenvalue weighted by Gasteiger charge is 2.23. The Bertz CT molecular complexity index is 715. The van der Waals surface area contributed by atoms with E-state index in [-0.39, 0.29) is 15.1 Å². The van der Waals surface area contributed by atoms with Gasteiger partial charge in [-0.1, -0.05) is 64.1 Å². The van der Waals surface area contributed by atoms with Crippen LogP contribution in [0.4, 0.5) is 5.69 Å². The normalized spacial score (nSPS) is 12.0. The summed E-state index contributed by atoms with van der Waals surface area (Å²) >= 11 is 29.9. The zero-order chi connectivity index (χ0) is 16.4. The van der Waals surface area contributed by atoms with Crippen LogP contribution in [0.5, 0.6) is 0 Å². The smallest absolute Gasteiger partial charge is 0.244 e. The predicted octanol–water partition coefficient (Wildman–Crippen LogP) is 5.59. The molecule has 3 N–H and O–H groups in total. The average Bonchev–Trinajstić information content (AvgIpc) is 2.42. The molecule has 22 heavy (non-hydrogen) atoms. The van der Waals surface area contributed by atoms with Crippen LogP contribution in [-0.4, -0.2) is 5.91 Å². The van der Waals surface area contributed by atoms with E-state index in [1.54, 1.807) is 24.3 Å². The van der Waals surface area contributed by atoms with Crippen LogP contribution in [0.1, 0.15) is 11.6 Å². The molecule has 0 bridgehead atoms. The number of anilines is 1. The molecule has 0 aliphatic rings. The van der Waals surface area contributed by atoms with Crippen molar-refractivity contribution in [1.82, 2.24) is 0 Å². The number of rotatable bonds is 4. The lowest BCUT2D eigenvalue weighted by Crippen LogP contribution is -2.28. The summed E-state index contributed by atoms with van der Waals surface area (Å²) in [4.78, 5) is 11.8. The van der Waals surface area contributed by atoms with Crippen LogP contribution in [0.3, 0.4) is 0 Å². The number of hydrogen-bond acceptors (Lipinski definition) is 2. The van der Waals surface area contributed by atoms with Crippen molar-refractivity contribution in [3.8, 4) is 0 Å². The molecule has 1 unspecified atom stereocenters. The van der Waals surface area contributed by atoms with Crippen LogP contribution in [0, 0.1) is 0 Å². The lowest BCUT2D eigenvalue weighted by Gasteiger charge is -2.19. The van der Waals surface area contributed by atoms with Gasteiger partial charge in [0.15, 0.2) is 0 Å². The molecule has 2 rings (SSSR count). The lowest BCUT2D eigenvalue weighted by atomic mass is 10.1. The van der Waals surface area contributed by atoms with E-state index in [1.807, 2.05) is 0 Å². The number of amides is 1. The fraction of sp³-hybridized carbons (Fsp3) is 0.0714. The number of carbonyl (C=O) groups excluding carboxylic acids is 1. The van der Waals surface area contributed by atoms with E-state index in [0.29, 0.717) is 21.3 Å². The molecular weight excluding hydrogens is 389 g/mol. The van der Waals surface area contributed by atoms with Gasteiger partial charge in [0.1, 0.15) is 6.04 Å². The molecule has 2 aromatic rings. The third kappa shape index (κ3) is 3.92. The Hall–Kier alpha value is -0.840. The van der Waals surface area contributed by atoms with Crippen molar-refractivity contribution in [3.63, 3.8) is 0 Å². The Morgan fingerprint density at radius 1 is 0.955 bits per heavy atom. The van der Waals surface area contributed by atoms with Crippen molar-refractivity contribution in [2.75, 3.05) is 5.32 Å². The molecule has 3 nitrogen and oxygen atoms in total. The zero-order valence-electron chi connectivity index (χ0n) is 10.8. The second-order valence-corrected chi connectivity index (χ2v) is 6.44. The van der Waals surface area contributed by atoms with Crippen LogP contribution in [0.25, 0.3) is 0 Å². The van der Waals surface area contributed by atoms with Crippen molar-refractivity contribution in [2.24, 2.45) is 5.73 Å². The number of nitrogens with one attached hydrogen (secondary N) is 1. The summed E-state index contributed by atoms with van der Waals surface area (Å²) in [5, 5.41) is 4.35. The van der Waals surface area contributed by atoms with Crippen LogP contribution < -0.4 is 11.1 Å².